The van der Waals surface area contributed by atoms with Crippen LogP contribution in [0.3, 0.4) is 0 Å². The van der Waals surface area contributed by atoms with Crippen molar-refractivity contribution in [3.05, 3.63) is 29.3 Å². The Morgan fingerprint density at radius 3 is 2.86 bits per heavy atom. The van der Waals surface area contributed by atoms with E-state index in [1.807, 2.05) is 6.07 Å². The second-order valence-electron chi connectivity index (χ2n) is 4.98. The van der Waals surface area contributed by atoms with Crippen LogP contribution in [0.4, 0.5) is 17.5 Å². The van der Waals surface area contributed by atoms with Crippen molar-refractivity contribution in [3.63, 3.8) is 0 Å². The molecule has 21 heavy (non-hydrogen) atoms. The third-order valence-corrected chi connectivity index (χ3v) is 3.79. The number of nitrogen functional groups attached to an aromatic ring is 2. The van der Waals surface area contributed by atoms with Gasteiger partial charge < -0.3 is 16.4 Å². The van der Waals surface area contributed by atoms with E-state index in [-0.39, 0.29) is 17.3 Å². The molecular formula is C15H16N6. The van der Waals surface area contributed by atoms with E-state index in [2.05, 4.69) is 40.0 Å². The molecule has 6 nitrogen and oxygen atoms in total. The average molecular weight is 280 g/mol. The summed E-state index contributed by atoms with van der Waals surface area (Å²) in [6.07, 6.45) is 0.995. The van der Waals surface area contributed by atoms with Gasteiger partial charge in [-0.1, -0.05) is 6.07 Å². The lowest BCUT2D eigenvalue weighted by Crippen LogP contribution is -2.18. The van der Waals surface area contributed by atoms with Crippen molar-refractivity contribution < 1.29 is 0 Å². The zero-order valence-corrected chi connectivity index (χ0v) is 11.8. The summed E-state index contributed by atoms with van der Waals surface area (Å²) >= 11 is 0. The highest BCUT2D eigenvalue weighted by atomic mass is 15.1. The molecule has 0 bridgehead atoms. The number of anilines is 3. The fraction of sp³-hybridized carbons (Fsp3) is 0.267. The third-order valence-electron chi connectivity index (χ3n) is 3.79. The Labute approximate surface area is 123 Å². The van der Waals surface area contributed by atoms with E-state index in [0.717, 1.165) is 25.1 Å². The highest BCUT2D eigenvalue weighted by molar-refractivity contribution is 5.76. The lowest BCUT2D eigenvalue weighted by molar-refractivity contribution is 0.868. The van der Waals surface area contributed by atoms with Gasteiger partial charge >= 0.3 is 0 Å². The molecule has 2 heterocycles. The van der Waals surface area contributed by atoms with Crippen LogP contribution >= 0.6 is 0 Å². The molecule has 106 valence electrons. The number of nitrogens with two attached hydrogens (primary N) is 2. The van der Waals surface area contributed by atoms with Crippen molar-refractivity contribution in [2.45, 2.75) is 13.3 Å². The van der Waals surface area contributed by atoms with Crippen LogP contribution < -0.4 is 16.4 Å². The van der Waals surface area contributed by atoms with E-state index in [4.69, 9.17) is 11.5 Å². The van der Waals surface area contributed by atoms with Crippen molar-refractivity contribution in [3.8, 4) is 17.3 Å². The minimum absolute atomic E-state index is 0.0807. The number of rotatable bonds is 2. The molecule has 6 heteroatoms. The Hall–Kier alpha value is -2.81. The maximum absolute atomic E-state index is 9.27. The first-order chi connectivity index (χ1) is 10.1. The molecule has 0 fully saturated rings. The van der Waals surface area contributed by atoms with E-state index in [9.17, 15) is 5.26 Å². The third kappa shape index (κ3) is 2.13. The summed E-state index contributed by atoms with van der Waals surface area (Å²) in [4.78, 5) is 10.4. The molecule has 1 aromatic carbocycles. The molecule has 2 aromatic rings. The van der Waals surface area contributed by atoms with Crippen molar-refractivity contribution in [2.75, 3.05) is 29.5 Å². The van der Waals surface area contributed by atoms with Crippen LogP contribution in [0.1, 0.15) is 18.1 Å². The van der Waals surface area contributed by atoms with Gasteiger partial charge in [-0.2, -0.15) is 10.2 Å². The van der Waals surface area contributed by atoms with Crippen molar-refractivity contribution >= 4 is 17.5 Å². The Kier molecular flexibility index (Phi) is 3.10. The van der Waals surface area contributed by atoms with Crippen LogP contribution in [0, 0.1) is 11.3 Å². The Morgan fingerprint density at radius 2 is 2.14 bits per heavy atom. The van der Waals surface area contributed by atoms with Crippen molar-refractivity contribution in [1.82, 2.24) is 9.97 Å². The van der Waals surface area contributed by atoms with Gasteiger partial charge in [-0.05, 0) is 31.0 Å². The molecule has 0 unspecified atom stereocenters. The van der Waals surface area contributed by atoms with Gasteiger partial charge in [0.05, 0.1) is 5.69 Å². The van der Waals surface area contributed by atoms with Crippen LogP contribution in [0.5, 0.6) is 0 Å². The quantitative estimate of drug-likeness (QED) is 0.865. The molecule has 3 rings (SSSR count). The van der Waals surface area contributed by atoms with Gasteiger partial charge in [0.15, 0.2) is 0 Å². The summed E-state index contributed by atoms with van der Waals surface area (Å²) < 4.78 is 0. The summed E-state index contributed by atoms with van der Waals surface area (Å²) in [6.45, 7) is 4.15. The second-order valence-corrected chi connectivity index (χ2v) is 4.98. The monoisotopic (exact) mass is 280 g/mol. The number of aromatic nitrogens is 2. The molecule has 0 spiro atoms. The van der Waals surface area contributed by atoms with Crippen LogP contribution in [-0.4, -0.2) is 23.1 Å². The molecule has 0 aliphatic carbocycles. The molecule has 1 aliphatic rings. The van der Waals surface area contributed by atoms with E-state index in [1.165, 1.54) is 11.3 Å². The topological polar surface area (TPSA) is 105 Å². The van der Waals surface area contributed by atoms with Crippen molar-refractivity contribution in [2.24, 2.45) is 0 Å². The summed E-state index contributed by atoms with van der Waals surface area (Å²) in [5.74, 6) is 0.202. The standard InChI is InChI=1S/C15H16N6/c1-2-21-6-5-9-7-10(3-4-12(9)21)13-11(8-16)14(17)20-15(18)19-13/h3-4,7H,2,5-6H2,1H3,(H4,17,18,19,20). The predicted molar refractivity (Wildman–Crippen MR) is 82.6 cm³/mol. The van der Waals surface area contributed by atoms with Gasteiger partial charge in [0.1, 0.15) is 17.5 Å². The van der Waals surface area contributed by atoms with Crippen LogP contribution in [0.15, 0.2) is 18.2 Å². The number of benzene rings is 1. The number of nitriles is 1. The molecule has 0 saturated carbocycles. The maximum Gasteiger partial charge on any atom is 0.222 e. The number of hydrogen-bond acceptors (Lipinski definition) is 6. The minimum atomic E-state index is 0.0807. The fourth-order valence-corrected chi connectivity index (χ4v) is 2.76. The highest BCUT2D eigenvalue weighted by Gasteiger charge is 2.20. The number of fused-ring (bicyclic) bond motifs is 1. The van der Waals surface area contributed by atoms with E-state index in [1.54, 1.807) is 0 Å². The minimum Gasteiger partial charge on any atom is -0.382 e. The fourth-order valence-electron chi connectivity index (χ4n) is 2.76. The van der Waals surface area contributed by atoms with Crippen LogP contribution in [0.2, 0.25) is 0 Å². The molecule has 0 amide bonds. The first kappa shape index (κ1) is 13.2. The number of nitrogens with zero attached hydrogens (tertiary/aromatic N) is 4. The van der Waals surface area contributed by atoms with E-state index < -0.39 is 0 Å². The van der Waals surface area contributed by atoms with Gasteiger partial charge in [-0.15, -0.1) is 0 Å². The molecule has 0 radical (unpaired) electrons. The average Bonchev–Trinajstić information content (AvgIpc) is 2.88. The first-order valence-electron chi connectivity index (χ1n) is 6.85. The van der Waals surface area contributed by atoms with Gasteiger partial charge in [-0.3, -0.25) is 0 Å². The highest BCUT2D eigenvalue weighted by Crippen LogP contribution is 2.33. The summed E-state index contributed by atoms with van der Waals surface area (Å²) in [6, 6.07) is 8.14. The SMILES string of the molecule is CCN1CCc2cc(-c3nc(N)nc(N)c3C#N)ccc21. The van der Waals surface area contributed by atoms with Gasteiger partial charge in [0, 0.05) is 24.3 Å². The second kappa shape index (κ2) is 4.94. The molecular weight excluding hydrogens is 264 g/mol. The zero-order valence-electron chi connectivity index (χ0n) is 11.8. The normalized spacial score (nSPS) is 13.0. The summed E-state index contributed by atoms with van der Waals surface area (Å²) in [5, 5.41) is 9.27. The van der Waals surface area contributed by atoms with E-state index >= 15 is 0 Å². The lowest BCUT2D eigenvalue weighted by atomic mass is 10.0. The molecule has 1 aromatic heterocycles. The smallest absolute Gasteiger partial charge is 0.222 e. The summed E-state index contributed by atoms with van der Waals surface area (Å²) in [7, 11) is 0. The number of likely N-dealkylation sites (N-methyl/N-ethyl adjacent to an activating group) is 1. The van der Waals surface area contributed by atoms with Gasteiger partial charge in [0.25, 0.3) is 0 Å². The lowest BCUT2D eigenvalue weighted by Gasteiger charge is -2.16. The first-order valence-corrected chi connectivity index (χ1v) is 6.85. The Bertz CT molecular complexity index is 747. The zero-order chi connectivity index (χ0) is 15.0. The van der Waals surface area contributed by atoms with Gasteiger partial charge in [-0.25, -0.2) is 4.98 Å². The van der Waals surface area contributed by atoms with Crippen LogP contribution in [-0.2, 0) is 6.42 Å². The van der Waals surface area contributed by atoms with E-state index in [0.29, 0.717) is 5.69 Å². The molecule has 0 saturated heterocycles. The molecule has 0 atom stereocenters. The molecule has 4 N–H and O–H groups in total. The van der Waals surface area contributed by atoms with Gasteiger partial charge in [0.2, 0.25) is 5.95 Å². The van der Waals surface area contributed by atoms with Crippen molar-refractivity contribution in [1.29, 1.82) is 5.26 Å². The number of hydrogen-bond donors (Lipinski definition) is 2. The van der Waals surface area contributed by atoms with Crippen LogP contribution in [0.25, 0.3) is 11.3 Å². The largest absolute Gasteiger partial charge is 0.382 e. The molecule has 1 aliphatic heterocycles. The summed E-state index contributed by atoms with van der Waals surface area (Å²) in [5.41, 5.74) is 15.5. The maximum atomic E-state index is 9.27. The Balaban J connectivity index is 2.13. The Morgan fingerprint density at radius 1 is 1.33 bits per heavy atom. The predicted octanol–water partition coefficient (Wildman–Crippen LogP) is 1.56.